The van der Waals surface area contributed by atoms with Crippen LogP contribution in [0.4, 0.5) is 10.5 Å². The molecule has 9 nitrogen and oxygen atoms in total. The standard InChI is InChI=1S/C10H13N3O6S/c1-12(10(14)15)7-6-11-20(18,19)9-5-3-2-4-8(9)13(16)17/h2-5,11H,6-7H2,1H3,(H,14,15). The van der Waals surface area contributed by atoms with Crippen molar-refractivity contribution in [2.75, 3.05) is 20.1 Å². The number of nitrogens with zero attached hydrogens (tertiary/aromatic N) is 2. The van der Waals surface area contributed by atoms with Crippen LogP contribution in [0, 0.1) is 10.1 Å². The number of nitro benzene ring substituents is 1. The quantitative estimate of drug-likeness (QED) is 0.580. The summed E-state index contributed by atoms with van der Waals surface area (Å²) in [5.41, 5.74) is -0.536. The van der Waals surface area contributed by atoms with E-state index in [0.717, 1.165) is 17.0 Å². The average molecular weight is 303 g/mol. The molecule has 10 heteroatoms. The van der Waals surface area contributed by atoms with Gasteiger partial charge in [-0.3, -0.25) is 10.1 Å². The monoisotopic (exact) mass is 303 g/mol. The summed E-state index contributed by atoms with van der Waals surface area (Å²) in [5, 5.41) is 19.4. The first kappa shape index (κ1) is 15.9. The molecule has 1 aromatic carbocycles. The number of carboxylic acid groups (broad SMARTS) is 1. The molecular weight excluding hydrogens is 290 g/mol. The second-order valence-electron chi connectivity index (χ2n) is 3.83. The molecule has 0 aliphatic carbocycles. The van der Waals surface area contributed by atoms with Gasteiger partial charge >= 0.3 is 6.09 Å². The predicted molar refractivity (Wildman–Crippen MR) is 68.9 cm³/mol. The largest absolute Gasteiger partial charge is 0.465 e. The van der Waals surface area contributed by atoms with Crippen LogP contribution < -0.4 is 4.72 Å². The number of sulfonamides is 1. The molecule has 1 rings (SSSR count). The van der Waals surface area contributed by atoms with Gasteiger partial charge in [0.05, 0.1) is 4.92 Å². The van der Waals surface area contributed by atoms with Gasteiger partial charge in [-0.05, 0) is 6.07 Å². The Balaban J connectivity index is 2.85. The zero-order valence-electron chi connectivity index (χ0n) is 10.5. The third-order valence-corrected chi connectivity index (χ3v) is 3.93. The Morgan fingerprint density at radius 3 is 2.60 bits per heavy atom. The number of rotatable bonds is 6. The molecule has 0 bridgehead atoms. The average Bonchev–Trinajstić information content (AvgIpc) is 2.38. The lowest BCUT2D eigenvalue weighted by Gasteiger charge is -2.13. The summed E-state index contributed by atoms with van der Waals surface area (Å²) >= 11 is 0. The van der Waals surface area contributed by atoms with Crippen molar-refractivity contribution in [1.82, 2.24) is 9.62 Å². The minimum absolute atomic E-state index is 0.0742. The highest BCUT2D eigenvalue weighted by atomic mass is 32.2. The molecule has 110 valence electrons. The smallest absolute Gasteiger partial charge is 0.407 e. The van der Waals surface area contributed by atoms with Crippen LogP contribution in [0.3, 0.4) is 0 Å². The maximum absolute atomic E-state index is 11.9. The van der Waals surface area contributed by atoms with Gasteiger partial charge in [0.15, 0.2) is 4.90 Å². The summed E-state index contributed by atoms with van der Waals surface area (Å²) in [6.07, 6.45) is -1.20. The number of likely N-dealkylation sites (N-methyl/N-ethyl adjacent to an activating group) is 1. The fraction of sp³-hybridized carbons (Fsp3) is 0.300. The van der Waals surface area contributed by atoms with Gasteiger partial charge < -0.3 is 10.0 Å². The van der Waals surface area contributed by atoms with E-state index >= 15 is 0 Å². The van der Waals surface area contributed by atoms with E-state index < -0.39 is 31.6 Å². The second-order valence-corrected chi connectivity index (χ2v) is 5.56. The van der Waals surface area contributed by atoms with E-state index in [2.05, 4.69) is 4.72 Å². The minimum Gasteiger partial charge on any atom is -0.465 e. The van der Waals surface area contributed by atoms with Crippen LogP contribution in [0.15, 0.2) is 29.2 Å². The maximum Gasteiger partial charge on any atom is 0.407 e. The summed E-state index contributed by atoms with van der Waals surface area (Å²) in [6, 6.07) is 4.92. The van der Waals surface area contributed by atoms with Gasteiger partial charge in [0.1, 0.15) is 0 Å². The molecule has 0 heterocycles. The molecule has 0 aliphatic heterocycles. The Bertz CT molecular complexity index is 615. The molecule has 0 saturated carbocycles. The van der Waals surface area contributed by atoms with Gasteiger partial charge in [-0.15, -0.1) is 0 Å². The number of carbonyl (C=O) groups is 1. The second kappa shape index (κ2) is 6.30. The molecule has 1 amide bonds. The highest BCUT2D eigenvalue weighted by molar-refractivity contribution is 7.89. The first-order chi connectivity index (χ1) is 9.25. The lowest BCUT2D eigenvalue weighted by Crippen LogP contribution is -2.35. The summed E-state index contributed by atoms with van der Waals surface area (Å²) in [7, 11) is -2.79. The molecule has 0 saturated heterocycles. The Morgan fingerprint density at radius 2 is 2.05 bits per heavy atom. The van der Waals surface area contributed by atoms with E-state index in [0.29, 0.717) is 0 Å². The summed E-state index contributed by atoms with van der Waals surface area (Å²) < 4.78 is 26.0. The lowest BCUT2D eigenvalue weighted by molar-refractivity contribution is -0.387. The number of nitro groups is 1. The van der Waals surface area contributed by atoms with E-state index in [1.54, 1.807) is 0 Å². The van der Waals surface area contributed by atoms with Crippen LogP contribution in [0.1, 0.15) is 0 Å². The molecular formula is C10H13N3O6S. The van der Waals surface area contributed by atoms with Gasteiger partial charge in [-0.2, -0.15) is 0 Å². The molecule has 20 heavy (non-hydrogen) atoms. The van der Waals surface area contributed by atoms with E-state index in [4.69, 9.17) is 5.11 Å². The van der Waals surface area contributed by atoms with Gasteiger partial charge in [-0.25, -0.2) is 17.9 Å². The summed E-state index contributed by atoms with van der Waals surface area (Å²) in [4.78, 5) is 20.9. The molecule has 2 N–H and O–H groups in total. The molecule has 0 unspecified atom stereocenters. The Hall–Kier alpha value is -2.20. The zero-order valence-corrected chi connectivity index (χ0v) is 11.3. The van der Waals surface area contributed by atoms with Crippen LogP contribution in [0.2, 0.25) is 0 Å². The molecule has 0 fully saturated rings. The SMILES string of the molecule is CN(CCNS(=O)(=O)c1ccccc1[N+](=O)[O-])C(=O)O. The van der Waals surface area contributed by atoms with Crippen molar-refractivity contribution >= 4 is 21.8 Å². The fourth-order valence-electron chi connectivity index (χ4n) is 1.36. The van der Waals surface area contributed by atoms with Crippen LogP contribution >= 0.6 is 0 Å². The topological polar surface area (TPSA) is 130 Å². The van der Waals surface area contributed by atoms with Gasteiger partial charge in [0.2, 0.25) is 10.0 Å². The Labute approximate surface area is 115 Å². The van der Waals surface area contributed by atoms with Crippen molar-refractivity contribution in [2.24, 2.45) is 0 Å². The van der Waals surface area contributed by atoms with Crippen LogP contribution in [0.25, 0.3) is 0 Å². The zero-order chi connectivity index (χ0) is 15.3. The normalized spacial score (nSPS) is 11.1. The number of benzene rings is 1. The first-order valence-corrected chi connectivity index (χ1v) is 6.91. The first-order valence-electron chi connectivity index (χ1n) is 5.43. The highest BCUT2D eigenvalue weighted by Gasteiger charge is 2.24. The van der Waals surface area contributed by atoms with Crippen LogP contribution in [-0.2, 0) is 10.0 Å². The van der Waals surface area contributed by atoms with Crippen molar-refractivity contribution in [3.05, 3.63) is 34.4 Å². The van der Waals surface area contributed by atoms with Gasteiger partial charge in [-0.1, -0.05) is 12.1 Å². The minimum atomic E-state index is -4.07. The number of para-hydroxylation sites is 1. The third kappa shape index (κ3) is 3.90. The van der Waals surface area contributed by atoms with Crippen LogP contribution in [0.5, 0.6) is 0 Å². The molecule has 0 spiro atoms. The highest BCUT2D eigenvalue weighted by Crippen LogP contribution is 2.22. The predicted octanol–water partition coefficient (Wildman–Crippen LogP) is 0.483. The van der Waals surface area contributed by atoms with E-state index in [1.807, 2.05) is 0 Å². The lowest BCUT2D eigenvalue weighted by atomic mass is 10.3. The Kier molecular flexibility index (Phi) is 5.00. The molecule has 0 atom stereocenters. The molecule has 1 aromatic rings. The molecule has 0 aromatic heterocycles. The van der Waals surface area contributed by atoms with Gasteiger partial charge in [0.25, 0.3) is 5.69 Å². The number of amides is 1. The Morgan fingerprint density at radius 1 is 1.45 bits per heavy atom. The van der Waals surface area contributed by atoms with Crippen molar-refractivity contribution in [3.63, 3.8) is 0 Å². The van der Waals surface area contributed by atoms with Gasteiger partial charge in [0, 0.05) is 26.2 Å². The van der Waals surface area contributed by atoms with E-state index in [1.165, 1.54) is 19.2 Å². The summed E-state index contributed by atoms with van der Waals surface area (Å²) in [6.45, 7) is -0.258. The van der Waals surface area contributed by atoms with Crippen molar-refractivity contribution in [3.8, 4) is 0 Å². The van der Waals surface area contributed by atoms with E-state index in [9.17, 15) is 23.3 Å². The fourth-order valence-corrected chi connectivity index (χ4v) is 2.55. The number of nitrogens with one attached hydrogen (secondary N) is 1. The van der Waals surface area contributed by atoms with Crippen molar-refractivity contribution in [2.45, 2.75) is 4.90 Å². The number of hydrogen-bond acceptors (Lipinski definition) is 5. The number of hydrogen-bond donors (Lipinski definition) is 2. The van der Waals surface area contributed by atoms with Crippen LogP contribution in [-0.4, -0.2) is 49.6 Å². The third-order valence-electron chi connectivity index (χ3n) is 2.42. The molecule has 0 radical (unpaired) electrons. The summed E-state index contributed by atoms with van der Waals surface area (Å²) in [5.74, 6) is 0. The van der Waals surface area contributed by atoms with Crippen molar-refractivity contribution < 1.29 is 23.2 Å². The van der Waals surface area contributed by atoms with E-state index in [-0.39, 0.29) is 13.1 Å². The molecule has 0 aliphatic rings. The maximum atomic E-state index is 11.9. The van der Waals surface area contributed by atoms with Crippen molar-refractivity contribution in [1.29, 1.82) is 0 Å².